The van der Waals surface area contributed by atoms with Crippen LogP contribution in [0.15, 0.2) is 0 Å². The summed E-state index contributed by atoms with van der Waals surface area (Å²) in [4.78, 5) is 30.9. The summed E-state index contributed by atoms with van der Waals surface area (Å²) in [6.45, 7) is 13.7. The van der Waals surface area contributed by atoms with Crippen molar-refractivity contribution in [2.75, 3.05) is 45.8 Å². The van der Waals surface area contributed by atoms with E-state index in [1.54, 1.807) is 0 Å². The molecule has 2 heterocycles. The van der Waals surface area contributed by atoms with Crippen molar-refractivity contribution in [1.82, 2.24) is 20.0 Å². The first kappa shape index (κ1) is 18.2. The van der Waals surface area contributed by atoms with Crippen molar-refractivity contribution < 1.29 is 9.59 Å². The first-order valence-electron chi connectivity index (χ1n) is 8.82. The molecule has 1 unspecified atom stereocenters. The maximum Gasteiger partial charge on any atom is 0.237 e. The summed E-state index contributed by atoms with van der Waals surface area (Å²) in [6.07, 6.45) is 2.28. The first-order chi connectivity index (χ1) is 10.8. The smallest absolute Gasteiger partial charge is 0.237 e. The summed E-state index contributed by atoms with van der Waals surface area (Å²) in [5, 5.41) is 3.04. The van der Waals surface area contributed by atoms with E-state index >= 15 is 0 Å². The molecule has 1 N–H and O–H groups in total. The predicted molar refractivity (Wildman–Crippen MR) is 91.2 cm³/mol. The van der Waals surface area contributed by atoms with Crippen molar-refractivity contribution in [2.24, 2.45) is 0 Å². The standard InChI is InChI=1S/C17H32N4O2/c1-14(16(23)18-17(2,3)4)20-11-9-19(10-12-20)13-15(22)21-7-5-6-8-21/h14H,5-13H2,1-4H3,(H,18,23). The SMILES string of the molecule is CC(C(=O)NC(C)(C)C)N1CCN(CC(=O)N2CCCC2)CC1. The Morgan fingerprint density at radius 1 is 1.00 bits per heavy atom. The molecule has 2 amide bonds. The Morgan fingerprint density at radius 3 is 2.09 bits per heavy atom. The van der Waals surface area contributed by atoms with Crippen LogP contribution in [0, 0.1) is 0 Å². The van der Waals surface area contributed by atoms with E-state index in [1.165, 1.54) is 0 Å². The lowest BCUT2D eigenvalue weighted by Crippen LogP contribution is -2.57. The van der Waals surface area contributed by atoms with Gasteiger partial charge in [0.05, 0.1) is 12.6 Å². The molecule has 0 aromatic rings. The Morgan fingerprint density at radius 2 is 1.57 bits per heavy atom. The van der Waals surface area contributed by atoms with Crippen LogP contribution >= 0.6 is 0 Å². The summed E-state index contributed by atoms with van der Waals surface area (Å²) in [5.41, 5.74) is -0.199. The fourth-order valence-electron chi connectivity index (χ4n) is 3.21. The highest BCUT2D eigenvalue weighted by Crippen LogP contribution is 2.11. The molecular formula is C17H32N4O2. The molecule has 6 heteroatoms. The summed E-state index contributed by atoms with van der Waals surface area (Å²) in [7, 11) is 0. The van der Waals surface area contributed by atoms with E-state index in [0.29, 0.717) is 6.54 Å². The summed E-state index contributed by atoms with van der Waals surface area (Å²) in [5.74, 6) is 0.341. The lowest BCUT2D eigenvalue weighted by atomic mass is 10.1. The number of carbonyl (C=O) groups excluding carboxylic acids is 2. The highest BCUT2D eigenvalue weighted by molar-refractivity contribution is 5.82. The quantitative estimate of drug-likeness (QED) is 0.820. The van der Waals surface area contributed by atoms with Gasteiger partial charge in [-0.3, -0.25) is 19.4 Å². The van der Waals surface area contributed by atoms with Crippen molar-refractivity contribution in [1.29, 1.82) is 0 Å². The number of hydrogen-bond acceptors (Lipinski definition) is 4. The van der Waals surface area contributed by atoms with Crippen LogP contribution in [0.4, 0.5) is 0 Å². The van der Waals surface area contributed by atoms with Crippen molar-refractivity contribution >= 4 is 11.8 Å². The molecule has 0 aromatic carbocycles. The van der Waals surface area contributed by atoms with Gasteiger partial charge in [0.2, 0.25) is 11.8 Å². The van der Waals surface area contributed by atoms with E-state index in [1.807, 2.05) is 32.6 Å². The van der Waals surface area contributed by atoms with Crippen LogP contribution in [0.5, 0.6) is 0 Å². The first-order valence-corrected chi connectivity index (χ1v) is 8.82. The fraction of sp³-hybridized carbons (Fsp3) is 0.882. The van der Waals surface area contributed by atoms with Crippen molar-refractivity contribution in [2.45, 2.75) is 52.1 Å². The maximum atomic E-state index is 12.3. The largest absolute Gasteiger partial charge is 0.350 e. The van der Waals surface area contributed by atoms with E-state index in [2.05, 4.69) is 15.1 Å². The summed E-state index contributed by atoms with van der Waals surface area (Å²) >= 11 is 0. The number of hydrogen-bond donors (Lipinski definition) is 1. The minimum absolute atomic E-state index is 0.0825. The Labute approximate surface area is 140 Å². The van der Waals surface area contributed by atoms with Crippen LogP contribution in [-0.2, 0) is 9.59 Å². The number of carbonyl (C=O) groups is 2. The van der Waals surface area contributed by atoms with Crippen LogP contribution in [-0.4, -0.2) is 83.9 Å². The zero-order valence-electron chi connectivity index (χ0n) is 15.1. The van der Waals surface area contributed by atoms with Gasteiger partial charge in [-0.15, -0.1) is 0 Å². The maximum absolute atomic E-state index is 12.3. The van der Waals surface area contributed by atoms with Gasteiger partial charge in [0.1, 0.15) is 0 Å². The fourth-order valence-corrected chi connectivity index (χ4v) is 3.21. The normalized spacial score (nSPS) is 22.2. The monoisotopic (exact) mass is 324 g/mol. The Kier molecular flexibility index (Phi) is 6.03. The van der Waals surface area contributed by atoms with Gasteiger partial charge in [-0.2, -0.15) is 0 Å². The zero-order chi connectivity index (χ0) is 17.0. The third-order valence-electron chi connectivity index (χ3n) is 4.65. The van der Waals surface area contributed by atoms with Crippen LogP contribution < -0.4 is 5.32 Å². The Bertz CT molecular complexity index is 419. The van der Waals surface area contributed by atoms with E-state index < -0.39 is 0 Å². The lowest BCUT2D eigenvalue weighted by molar-refractivity contribution is -0.133. The van der Waals surface area contributed by atoms with Gasteiger partial charge in [-0.05, 0) is 40.5 Å². The van der Waals surface area contributed by atoms with Gasteiger partial charge in [-0.25, -0.2) is 0 Å². The van der Waals surface area contributed by atoms with Crippen LogP contribution in [0.3, 0.4) is 0 Å². The molecule has 0 spiro atoms. The minimum atomic E-state index is -0.199. The molecule has 0 radical (unpaired) electrons. The molecular weight excluding hydrogens is 292 g/mol. The number of likely N-dealkylation sites (tertiary alicyclic amines) is 1. The Balaban J connectivity index is 1.74. The second kappa shape index (κ2) is 7.62. The highest BCUT2D eigenvalue weighted by atomic mass is 16.2. The molecule has 1 atom stereocenters. The van der Waals surface area contributed by atoms with E-state index in [4.69, 9.17) is 0 Å². The molecule has 23 heavy (non-hydrogen) atoms. The number of rotatable bonds is 4. The Hall–Kier alpha value is -1.14. The topological polar surface area (TPSA) is 55.9 Å². The number of piperazine rings is 1. The third kappa shape index (κ3) is 5.46. The summed E-state index contributed by atoms with van der Waals surface area (Å²) < 4.78 is 0. The second-order valence-electron chi connectivity index (χ2n) is 7.82. The molecule has 2 fully saturated rings. The van der Waals surface area contributed by atoms with Crippen molar-refractivity contribution in [3.63, 3.8) is 0 Å². The van der Waals surface area contributed by atoms with E-state index in [0.717, 1.165) is 52.1 Å². The van der Waals surface area contributed by atoms with Crippen molar-refractivity contribution in [3.05, 3.63) is 0 Å². The van der Waals surface area contributed by atoms with Gasteiger partial charge in [0.15, 0.2) is 0 Å². The molecule has 0 saturated carbocycles. The number of nitrogens with one attached hydrogen (secondary N) is 1. The molecule has 0 aromatic heterocycles. The summed E-state index contributed by atoms with van der Waals surface area (Å²) in [6, 6.07) is -0.120. The molecule has 0 aliphatic carbocycles. The van der Waals surface area contributed by atoms with Gasteiger partial charge in [0, 0.05) is 44.8 Å². The number of nitrogens with zero attached hydrogens (tertiary/aromatic N) is 3. The second-order valence-corrected chi connectivity index (χ2v) is 7.82. The van der Waals surface area contributed by atoms with Gasteiger partial charge >= 0.3 is 0 Å². The molecule has 6 nitrogen and oxygen atoms in total. The highest BCUT2D eigenvalue weighted by Gasteiger charge is 2.29. The van der Waals surface area contributed by atoms with Gasteiger partial charge in [0.25, 0.3) is 0 Å². The zero-order valence-corrected chi connectivity index (χ0v) is 15.1. The van der Waals surface area contributed by atoms with E-state index in [-0.39, 0.29) is 23.4 Å². The molecule has 2 aliphatic heterocycles. The van der Waals surface area contributed by atoms with Gasteiger partial charge < -0.3 is 10.2 Å². The van der Waals surface area contributed by atoms with Crippen LogP contribution in [0.25, 0.3) is 0 Å². The molecule has 2 saturated heterocycles. The lowest BCUT2D eigenvalue weighted by Gasteiger charge is -2.38. The molecule has 0 bridgehead atoms. The average Bonchev–Trinajstić information content (AvgIpc) is 3.00. The average molecular weight is 324 g/mol. The number of amides is 2. The van der Waals surface area contributed by atoms with E-state index in [9.17, 15) is 9.59 Å². The van der Waals surface area contributed by atoms with Gasteiger partial charge in [-0.1, -0.05) is 0 Å². The molecule has 2 rings (SSSR count). The predicted octanol–water partition coefficient (Wildman–Crippen LogP) is 0.530. The minimum Gasteiger partial charge on any atom is -0.350 e. The molecule has 2 aliphatic rings. The van der Waals surface area contributed by atoms with Crippen molar-refractivity contribution in [3.8, 4) is 0 Å². The third-order valence-corrected chi connectivity index (χ3v) is 4.65. The van der Waals surface area contributed by atoms with Crippen LogP contribution in [0.2, 0.25) is 0 Å². The van der Waals surface area contributed by atoms with Crippen LogP contribution in [0.1, 0.15) is 40.5 Å². The molecule has 132 valence electrons.